The monoisotopic (exact) mass is 303 g/mol. The summed E-state index contributed by atoms with van der Waals surface area (Å²) in [6, 6.07) is 7.53. The van der Waals surface area contributed by atoms with E-state index in [9.17, 15) is 9.59 Å². The summed E-state index contributed by atoms with van der Waals surface area (Å²) in [6.07, 6.45) is 2.36. The average molecular weight is 303 g/mol. The third kappa shape index (κ3) is 3.30. The first kappa shape index (κ1) is 15.0. The van der Waals surface area contributed by atoms with E-state index in [4.69, 9.17) is 9.84 Å². The van der Waals surface area contributed by atoms with Gasteiger partial charge in [-0.25, -0.2) is 0 Å². The molecule has 2 N–H and O–H groups in total. The molecule has 1 saturated carbocycles. The predicted molar refractivity (Wildman–Crippen MR) is 81.7 cm³/mol. The van der Waals surface area contributed by atoms with Crippen LogP contribution in [0.1, 0.15) is 37.7 Å². The molecule has 2 aliphatic rings. The summed E-state index contributed by atoms with van der Waals surface area (Å²) in [7, 11) is 0. The molecule has 1 aromatic rings. The van der Waals surface area contributed by atoms with E-state index >= 15 is 0 Å². The van der Waals surface area contributed by atoms with Crippen molar-refractivity contribution in [3.8, 4) is 0 Å². The normalized spacial score (nSPS) is 30.6. The Hall–Kier alpha value is -1.88. The highest BCUT2D eigenvalue weighted by atomic mass is 16.5. The minimum absolute atomic E-state index is 0.00301. The largest absolute Gasteiger partial charge is 0.481 e. The summed E-state index contributed by atoms with van der Waals surface area (Å²) in [5, 5.41) is 11.9. The standard InChI is InChI=1S/C17H21NO4/c1-10-8-12(6-7-22-10)16(19)18-13-4-2-11(3-5-13)14-9-15(14)17(20)21/h2-5,10,12,14-15H,6-9H2,1H3,(H,18,19)(H,20,21)/t10?,12?,14-,15+/m0/s1. The Labute approximate surface area is 129 Å². The van der Waals surface area contributed by atoms with E-state index < -0.39 is 5.97 Å². The number of anilines is 1. The van der Waals surface area contributed by atoms with Crippen LogP contribution in [0, 0.1) is 11.8 Å². The molecule has 5 heteroatoms. The van der Waals surface area contributed by atoms with Gasteiger partial charge in [0.1, 0.15) is 0 Å². The summed E-state index contributed by atoms with van der Waals surface area (Å²) in [4.78, 5) is 23.1. The number of carboxylic acid groups (broad SMARTS) is 1. The predicted octanol–water partition coefficient (Wildman–Crippen LogP) is 2.63. The van der Waals surface area contributed by atoms with Crippen molar-refractivity contribution < 1.29 is 19.4 Å². The third-order valence-corrected chi connectivity index (χ3v) is 4.57. The Morgan fingerprint density at radius 2 is 1.95 bits per heavy atom. The van der Waals surface area contributed by atoms with Gasteiger partial charge in [0.25, 0.3) is 0 Å². The van der Waals surface area contributed by atoms with Crippen LogP contribution in [0.3, 0.4) is 0 Å². The van der Waals surface area contributed by atoms with Crippen molar-refractivity contribution >= 4 is 17.6 Å². The molecule has 118 valence electrons. The van der Waals surface area contributed by atoms with Gasteiger partial charge in [-0.05, 0) is 49.8 Å². The number of hydrogen-bond donors (Lipinski definition) is 2. The van der Waals surface area contributed by atoms with Crippen LogP contribution in [-0.2, 0) is 14.3 Å². The molecule has 4 atom stereocenters. The van der Waals surface area contributed by atoms with E-state index in [0.29, 0.717) is 13.0 Å². The Morgan fingerprint density at radius 1 is 1.23 bits per heavy atom. The summed E-state index contributed by atoms with van der Waals surface area (Å²) in [5.41, 5.74) is 1.80. The van der Waals surface area contributed by atoms with E-state index in [0.717, 1.165) is 24.1 Å². The van der Waals surface area contributed by atoms with Crippen molar-refractivity contribution in [3.05, 3.63) is 29.8 Å². The molecule has 2 unspecified atom stereocenters. The molecule has 2 fully saturated rings. The lowest BCUT2D eigenvalue weighted by atomic mass is 9.95. The Bertz CT molecular complexity index is 569. The number of rotatable bonds is 4. The summed E-state index contributed by atoms with van der Waals surface area (Å²) in [5.74, 6) is -0.806. The maximum absolute atomic E-state index is 12.2. The highest BCUT2D eigenvalue weighted by Crippen LogP contribution is 2.47. The van der Waals surface area contributed by atoms with Crippen LogP contribution in [0.5, 0.6) is 0 Å². The van der Waals surface area contributed by atoms with E-state index in [1.54, 1.807) is 0 Å². The Balaban J connectivity index is 1.57. The molecular formula is C17H21NO4. The van der Waals surface area contributed by atoms with Crippen molar-refractivity contribution in [3.63, 3.8) is 0 Å². The average Bonchev–Trinajstić information content (AvgIpc) is 3.29. The highest BCUT2D eigenvalue weighted by molar-refractivity contribution is 5.92. The van der Waals surface area contributed by atoms with Crippen LogP contribution in [0.15, 0.2) is 24.3 Å². The fourth-order valence-corrected chi connectivity index (χ4v) is 3.13. The van der Waals surface area contributed by atoms with Crippen molar-refractivity contribution in [1.82, 2.24) is 0 Å². The van der Waals surface area contributed by atoms with Crippen LogP contribution >= 0.6 is 0 Å². The zero-order valence-corrected chi connectivity index (χ0v) is 12.6. The second-order valence-corrected chi connectivity index (χ2v) is 6.30. The number of ether oxygens (including phenoxy) is 1. The molecule has 3 rings (SSSR count). The van der Waals surface area contributed by atoms with Gasteiger partial charge in [0.15, 0.2) is 0 Å². The number of benzene rings is 1. The summed E-state index contributed by atoms with van der Waals surface area (Å²) in [6.45, 7) is 2.62. The fraction of sp³-hybridized carbons (Fsp3) is 0.529. The molecule has 0 spiro atoms. The van der Waals surface area contributed by atoms with Crippen molar-refractivity contribution in [2.24, 2.45) is 11.8 Å². The lowest BCUT2D eigenvalue weighted by molar-refractivity contribution is -0.138. The number of amides is 1. The van der Waals surface area contributed by atoms with Crippen molar-refractivity contribution in [2.45, 2.75) is 38.2 Å². The van der Waals surface area contributed by atoms with Crippen LogP contribution in [0.25, 0.3) is 0 Å². The van der Waals surface area contributed by atoms with Crippen LogP contribution < -0.4 is 5.32 Å². The molecule has 1 heterocycles. The number of nitrogens with one attached hydrogen (secondary N) is 1. The Kier molecular flexibility index (Phi) is 4.16. The molecule has 0 aromatic heterocycles. The second-order valence-electron chi connectivity index (χ2n) is 6.30. The van der Waals surface area contributed by atoms with Crippen LogP contribution in [0.2, 0.25) is 0 Å². The third-order valence-electron chi connectivity index (χ3n) is 4.57. The van der Waals surface area contributed by atoms with Gasteiger partial charge in [0.2, 0.25) is 5.91 Å². The van der Waals surface area contributed by atoms with E-state index in [2.05, 4.69) is 5.32 Å². The maximum Gasteiger partial charge on any atom is 0.307 e. The van der Waals surface area contributed by atoms with Gasteiger partial charge < -0.3 is 15.2 Å². The molecule has 1 amide bonds. The fourth-order valence-electron chi connectivity index (χ4n) is 3.13. The number of carbonyl (C=O) groups excluding carboxylic acids is 1. The first-order chi connectivity index (χ1) is 10.5. The van der Waals surface area contributed by atoms with Gasteiger partial charge in [-0.2, -0.15) is 0 Å². The number of aliphatic carboxylic acids is 1. The summed E-state index contributed by atoms with van der Waals surface area (Å²) < 4.78 is 5.46. The minimum Gasteiger partial charge on any atom is -0.481 e. The number of hydrogen-bond acceptors (Lipinski definition) is 3. The first-order valence-corrected chi connectivity index (χ1v) is 7.80. The maximum atomic E-state index is 12.2. The molecular weight excluding hydrogens is 282 g/mol. The molecule has 1 aliphatic heterocycles. The zero-order chi connectivity index (χ0) is 15.7. The van der Waals surface area contributed by atoms with Gasteiger partial charge in [-0.15, -0.1) is 0 Å². The van der Waals surface area contributed by atoms with E-state index in [1.165, 1.54) is 0 Å². The molecule has 1 aliphatic carbocycles. The highest BCUT2D eigenvalue weighted by Gasteiger charge is 2.44. The number of carbonyl (C=O) groups is 2. The van der Waals surface area contributed by atoms with E-state index in [1.807, 2.05) is 31.2 Å². The summed E-state index contributed by atoms with van der Waals surface area (Å²) >= 11 is 0. The van der Waals surface area contributed by atoms with Gasteiger partial charge in [0, 0.05) is 18.2 Å². The van der Waals surface area contributed by atoms with Crippen LogP contribution in [0.4, 0.5) is 5.69 Å². The van der Waals surface area contributed by atoms with Crippen molar-refractivity contribution in [1.29, 1.82) is 0 Å². The molecule has 1 saturated heterocycles. The second kappa shape index (κ2) is 6.08. The topological polar surface area (TPSA) is 75.6 Å². The Morgan fingerprint density at radius 3 is 2.55 bits per heavy atom. The number of carboxylic acids is 1. The van der Waals surface area contributed by atoms with Gasteiger partial charge in [0.05, 0.1) is 12.0 Å². The molecule has 1 aromatic carbocycles. The molecule has 5 nitrogen and oxygen atoms in total. The molecule has 0 radical (unpaired) electrons. The minimum atomic E-state index is -0.726. The van der Waals surface area contributed by atoms with E-state index in [-0.39, 0.29) is 29.8 Å². The van der Waals surface area contributed by atoms with Crippen LogP contribution in [-0.4, -0.2) is 29.7 Å². The quantitative estimate of drug-likeness (QED) is 0.896. The molecule has 0 bridgehead atoms. The SMILES string of the molecule is CC1CC(C(=O)Nc2ccc([C@@H]3C[C@H]3C(=O)O)cc2)CCO1. The lowest BCUT2D eigenvalue weighted by Gasteiger charge is -2.26. The zero-order valence-electron chi connectivity index (χ0n) is 12.6. The first-order valence-electron chi connectivity index (χ1n) is 7.80. The lowest BCUT2D eigenvalue weighted by Crippen LogP contribution is -2.32. The van der Waals surface area contributed by atoms with Gasteiger partial charge >= 0.3 is 5.97 Å². The smallest absolute Gasteiger partial charge is 0.307 e. The van der Waals surface area contributed by atoms with Crippen molar-refractivity contribution in [2.75, 3.05) is 11.9 Å². The van der Waals surface area contributed by atoms with Gasteiger partial charge in [-0.3, -0.25) is 9.59 Å². The van der Waals surface area contributed by atoms with Gasteiger partial charge in [-0.1, -0.05) is 12.1 Å². The molecule has 22 heavy (non-hydrogen) atoms.